The molecule has 1 aliphatic heterocycles. The summed E-state index contributed by atoms with van der Waals surface area (Å²) in [7, 11) is 0. The molecular formula is C16H20ClNO3. The van der Waals surface area contributed by atoms with Crippen LogP contribution < -0.4 is 0 Å². The predicted octanol–water partition coefficient (Wildman–Crippen LogP) is 2.84. The molecule has 0 spiro atoms. The van der Waals surface area contributed by atoms with Crippen LogP contribution in [0.2, 0.25) is 5.02 Å². The zero-order valence-corrected chi connectivity index (χ0v) is 13.1. The van der Waals surface area contributed by atoms with Crippen molar-refractivity contribution < 1.29 is 14.7 Å². The van der Waals surface area contributed by atoms with E-state index in [2.05, 4.69) is 0 Å². The molecule has 1 saturated heterocycles. The molecule has 1 aromatic rings. The lowest BCUT2D eigenvalue weighted by molar-refractivity contribution is -0.151. The van der Waals surface area contributed by atoms with E-state index in [-0.39, 0.29) is 18.2 Å². The maximum atomic E-state index is 12.3. The fourth-order valence-electron chi connectivity index (χ4n) is 2.87. The molecule has 0 aromatic heterocycles. The molecule has 114 valence electrons. The Balaban J connectivity index is 2.07. The van der Waals surface area contributed by atoms with Crippen LogP contribution in [0.5, 0.6) is 0 Å². The Morgan fingerprint density at radius 1 is 1.43 bits per heavy atom. The first-order valence-corrected chi connectivity index (χ1v) is 7.48. The lowest BCUT2D eigenvalue weighted by Gasteiger charge is -2.28. The van der Waals surface area contributed by atoms with Crippen molar-refractivity contribution in [3.63, 3.8) is 0 Å². The van der Waals surface area contributed by atoms with E-state index in [1.54, 1.807) is 17.0 Å². The van der Waals surface area contributed by atoms with Crippen molar-refractivity contribution in [1.82, 2.24) is 4.90 Å². The van der Waals surface area contributed by atoms with Gasteiger partial charge in [-0.15, -0.1) is 0 Å². The molecule has 0 bridgehead atoms. The van der Waals surface area contributed by atoms with E-state index in [9.17, 15) is 14.7 Å². The second-order valence-corrected chi connectivity index (χ2v) is 6.42. The minimum Gasteiger partial charge on any atom is -0.481 e. The summed E-state index contributed by atoms with van der Waals surface area (Å²) in [5, 5.41) is 10.1. The number of carboxylic acid groups (broad SMARTS) is 1. The smallest absolute Gasteiger partial charge is 0.311 e. The number of carboxylic acids is 1. The minimum absolute atomic E-state index is 0.000954. The average molecular weight is 310 g/mol. The summed E-state index contributed by atoms with van der Waals surface area (Å²) in [5.41, 5.74) is 0.0363. The van der Waals surface area contributed by atoms with Gasteiger partial charge in [-0.2, -0.15) is 0 Å². The monoisotopic (exact) mass is 309 g/mol. The molecule has 1 aromatic carbocycles. The van der Waals surface area contributed by atoms with Gasteiger partial charge in [0.2, 0.25) is 5.91 Å². The quantitative estimate of drug-likeness (QED) is 0.930. The van der Waals surface area contributed by atoms with Crippen LogP contribution in [0.1, 0.15) is 25.8 Å². The Morgan fingerprint density at radius 2 is 2.14 bits per heavy atom. The highest BCUT2D eigenvalue weighted by atomic mass is 35.5. The van der Waals surface area contributed by atoms with Crippen LogP contribution >= 0.6 is 11.6 Å². The molecule has 5 heteroatoms. The third kappa shape index (κ3) is 3.21. The Bertz CT molecular complexity index is 558. The van der Waals surface area contributed by atoms with E-state index in [0.717, 1.165) is 5.56 Å². The highest BCUT2D eigenvalue weighted by molar-refractivity contribution is 6.30. The highest BCUT2D eigenvalue weighted by Crippen LogP contribution is 2.38. The summed E-state index contributed by atoms with van der Waals surface area (Å²) in [6.07, 6.45) is 0.773. The van der Waals surface area contributed by atoms with Crippen LogP contribution in [-0.4, -0.2) is 35.0 Å². The van der Waals surface area contributed by atoms with Crippen LogP contribution in [0.15, 0.2) is 24.3 Å². The second kappa shape index (κ2) is 6.06. The molecule has 4 nitrogen and oxygen atoms in total. The molecule has 0 aliphatic carbocycles. The predicted molar refractivity (Wildman–Crippen MR) is 81.3 cm³/mol. The number of carbonyl (C=O) groups is 2. The van der Waals surface area contributed by atoms with Crippen LogP contribution in [-0.2, 0) is 16.0 Å². The normalized spacial score (nSPS) is 21.8. The first kappa shape index (κ1) is 15.8. The number of carbonyl (C=O) groups excluding carboxylic acids is 1. The lowest BCUT2D eigenvalue weighted by atomic mass is 9.76. The van der Waals surface area contributed by atoms with Crippen molar-refractivity contribution in [2.75, 3.05) is 13.1 Å². The molecule has 1 atom stereocenters. The molecule has 0 saturated carbocycles. The van der Waals surface area contributed by atoms with E-state index in [1.807, 2.05) is 26.0 Å². The molecule has 1 amide bonds. The first-order valence-electron chi connectivity index (χ1n) is 7.11. The number of rotatable bonds is 4. The summed E-state index contributed by atoms with van der Waals surface area (Å²) < 4.78 is 0. The molecule has 0 radical (unpaired) electrons. The Morgan fingerprint density at radius 3 is 2.67 bits per heavy atom. The number of amides is 1. The number of hydrogen-bond acceptors (Lipinski definition) is 2. The molecule has 1 unspecified atom stereocenters. The third-order valence-corrected chi connectivity index (χ3v) is 4.66. The SMILES string of the molecule is CC(C)C1(C(=O)O)CCN(C(=O)Cc2cccc(Cl)c2)C1. The first-order chi connectivity index (χ1) is 9.85. The Hall–Kier alpha value is -1.55. The minimum atomic E-state index is -0.815. The van der Waals surface area contributed by atoms with Gasteiger partial charge in [0.25, 0.3) is 0 Å². The zero-order chi connectivity index (χ0) is 15.6. The molecule has 1 fully saturated rings. The fourth-order valence-corrected chi connectivity index (χ4v) is 3.09. The second-order valence-electron chi connectivity index (χ2n) is 5.99. The van der Waals surface area contributed by atoms with Crippen molar-refractivity contribution in [3.05, 3.63) is 34.9 Å². The molecule has 1 aliphatic rings. The number of likely N-dealkylation sites (tertiary alicyclic amines) is 1. The summed E-state index contributed by atoms with van der Waals surface area (Å²) in [5.74, 6) is -0.851. The molecule has 1 N–H and O–H groups in total. The topological polar surface area (TPSA) is 57.6 Å². The van der Waals surface area contributed by atoms with E-state index >= 15 is 0 Å². The number of halogens is 1. The van der Waals surface area contributed by atoms with Crippen molar-refractivity contribution in [2.45, 2.75) is 26.7 Å². The summed E-state index contributed by atoms with van der Waals surface area (Å²) >= 11 is 5.91. The van der Waals surface area contributed by atoms with E-state index < -0.39 is 11.4 Å². The van der Waals surface area contributed by atoms with Gasteiger partial charge in [-0.1, -0.05) is 37.6 Å². The largest absolute Gasteiger partial charge is 0.481 e. The Kier molecular flexibility index (Phi) is 4.57. The number of benzene rings is 1. The van der Waals surface area contributed by atoms with Crippen molar-refractivity contribution in [2.24, 2.45) is 11.3 Å². The van der Waals surface area contributed by atoms with Gasteiger partial charge in [0.05, 0.1) is 11.8 Å². The van der Waals surface area contributed by atoms with E-state index in [0.29, 0.717) is 24.5 Å². The highest BCUT2D eigenvalue weighted by Gasteiger charge is 2.48. The van der Waals surface area contributed by atoms with Crippen molar-refractivity contribution in [1.29, 1.82) is 0 Å². The number of hydrogen-bond donors (Lipinski definition) is 1. The Labute approximate surface area is 129 Å². The van der Waals surface area contributed by atoms with Gasteiger partial charge in [-0.3, -0.25) is 9.59 Å². The molecular weight excluding hydrogens is 290 g/mol. The lowest BCUT2D eigenvalue weighted by Crippen LogP contribution is -2.41. The third-order valence-electron chi connectivity index (χ3n) is 4.43. The van der Waals surface area contributed by atoms with Crippen LogP contribution in [0.25, 0.3) is 0 Å². The molecule has 2 rings (SSSR count). The zero-order valence-electron chi connectivity index (χ0n) is 12.3. The van der Waals surface area contributed by atoms with Gasteiger partial charge in [0.1, 0.15) is 0 Å². The van der Waals surface area contributed by atoms with Gasteiger partial charge in [0, 0.05) is 18.1 Å². The fraction of sp³-hybridized carbons (Fsp3) is 0.500. The van der Waals surface area contributed by atoms with Gasteiger partial charge in [0.15, 0.2) is 0 Å². The van der Waals surface area contributed by atoms with Crippen molar-refractivity contribution in [3.8, 4) is 0 Å². The van der Waals surface area contributed by atoms with Crippen LogP contribution in [0.3, 0.4) is 0 Å². The van der Waals surface area contributed by atoms with Crippen LogP contribution in [0, 0.1) is 11.3 Å². The maximum Gasteiger partial charge on any atom is 0.311 e. The summed E-state index contributed by atoms with van der Waals surface area (Å²) in [4.78, 5) is 25.6. The van der Waals surface area contributed by atoms with E-state index in [1.165, 1.54) is 0 Å². The van der Waals surface area contributed by atoms with Crippen molar-refractivity contribution >= 4 is 23.5 Å². The van der Waals surface area contributed by atoms with Crippen LogP contribution in [0.4, 0.5) is 0 Å². The van der Waals surface area contributed by atoms with Gasteiger partial charge < -0.3 is 10.0 Å². The average Bonchev–Trinajstić information content (AvgIpc) is 2.85. The standard InChI is InChI=1S/C16H20ClNO3/c1-11(2)16(15(20)21)6-7-18(10-16)14(19)9-12-4-3-5-13(17)8-12/h3-5,8,11H,6-7,9-10H2,1-2H3,(H,20,21). The van der Waals surface area contributed by atoms with Gasteiger partial charge >= 0.3 is 5.97 Å². The van der Waals surface area contributed by atoms with E-state index in [4.69, 9.17) is 11.6 Å². The molecule has 21 heavy (non-hydrogen) atoms. The maximum absolute atomic E-state index is 12.3. The van der Waals surface area contributed by atoms with Gasteiger partial charge in [-0.25, -0.2) is 0 Å². The summed E-state index contributed by atoms with van der Waals surface area (Å²) in [6, 6.07) is 7.19. The van der Waals surface area contributed by atoms with Gasteiger partial charge in [-0.05, 0) is 30.0 Å². The number of aliphatic carboxylic acids is 1. The molecule has 1 heterocycles. The number of nitrogens with zero attached hydrogens (tertiary/aromatic N) is 1. The summed E-state index contributed by atoms with van der Waals surface area (Å²) in [6.45, 7) is 4.60.